The van der Waals surface area contributed by atoms with Gasteiger partial charge in [-0.1, -0.05) is 25.7 Å². The van der Waals surface area contributed by atoms with Gasteiger partial charge in [0.1, 0.15) is 0 Å². The molecular formula is C12H23NO. The first kappa shape index (κ1) is 10.4. The van der Waals surface area contributed by atoms with Crippen molar-refractivity contribution < 1.29 is 5.11 Å². The summed E-state index contributed by atoms with van der Waals surface area (Å²) in [6.45, 7) is 2.92. The van der Waals surface area contributed by atoms with Crippen molar-refractivity contribution in [1.82, 2.24) is 4.90 Å². The Morgan fingerprint density at radius 2 is 1.86 bits per heavy atom. The van der Waals surface area contributed by atoms with E-state index < -0.39 is 0 Å². The second kappa shape index (κ2) is 4.63. The molecule has 1 aliphatic carbocycles. The van der Waals surface area contributed by atoms with E-state index in [0.29, 0.717) is 6.61 Å². The monoisotopic (exact) mass is 197 g/mol. The van der Waals surface area contributed by atoms with E-state index in [4.69, 9.17) is 5.11 Å². The summed E-state index contributed by atoms with van der Waals surface area (Å²) < 4.78 is 0. The van der Waals surface area contributed by atoms with Crippen LogP contribution in [0.5, 0.6) is 0 Å². The molecule has 1 saturated heterocycles. The zero-order chi connectivity index (χ0) is 9.97. The van der Waals surface area contributed by atoms with E-state index in [2.05, 4.69) is 11.9 Å². The standard InChI is InChI=1S/C12H23NO/c1-13-8-11(9-13)12(6-7-14)10-4-2-3-5-10/h10-12,14H,2-9H2,1H3. The van der Waals surface area contributed by atoms with E-state index in [-0.39, 0.29) is 0 Å². The Balaban J connectivity index is 1.86. The summed E-state index contributed by atoms with van der Waals surface area (Å²) in [5.41, 5.74) is 0. The Hall–Kier alpha value is -0.0800. The van der Waals surface area contributed by atoms with Crippen molar-refractivity contribution in [3.63, 3.8) is 0 Å². The smallest absolute Gasteiger partial charge is 0.0433 e. The SMILES string of the molecule is CN1CC(C(CCO)C2CCCC2)C1. The van der Waals surface area contributed by atoms with Gasteiger partial charge in [0, 0.05) is 19.7 Å². The number of likely N-dealkylation sites (tertiary alicyclic amines) is 1. The lowest BCUT2D eigenvalue weighted by molar-refractivity contribution is 0.0415. The maximum atomic E-state index is 9.12. The summed E-state index contributed by atoms with van der Waals surface area (Å²) in [5.74, 6) is 2.63. The number of hydrogen-bond donors (Lipinski definition) is 1. The van der Waals surface area contributed by atoms with Gasteiger partial charge in [-0.25, -0.2) is 0 Å². The molecule has 2 rings (SSSR count). The number of hydrogen-bond acceptors (Lipinski definition) is 2. The minimum absolute atomic E-state index is 0.390. The fourth-order valence-corrected chi connectivity index (χ4v) is 3.41. The molecule has 2 heteroatoms. The van der Waals surface area contributed by atoms with Crippen LogP contribution in [0.4, 0.5) is 0 Å². The van der Waals surface area contributed by atoms with Crippen LogP contribution in [0.15, 0.2) is 0 Å². The van der Waals surface area contributed by atoms with Crippen molar-refractivity contribution in [3.8, 4) is 0 Å². The van der Waals surface area contributed by atoms with Gasteiger partial charge in [-0.15, -0.1) is 0 Å². The summed E-state index contributed by atoms with van der Waals surface area (Å²) >= 11 is 0. The molecule has 2 fully saturated rings. The van der Waals surface area contributed by atoms with E-state index >= 15 is 0 Å². The van der Waals surface area contributed by atoms with E-state index in [1.807, 2.05) is 0 Å². The van der Waals surface area contributed by atoms with Gasteiger partial charge < -0.3 is 10.0 Å². The van der Waals surface area contributed by atoms with Crippen molar-refractivity contribution in [1.29, 1.82) is 0 Å². The first-order chi connectivity index (χ1) is 6.81. The van der Waals surface area contributed by atoms with Crippen LogP contribution in [0.2, 0.25) is 0 Å². The molecule has 0 aromatic rings. The van der Waals surface area contributed by atoms with Crippen LogP contribution < -0.4 is 0 Å². The predicted octanol–water partition coefficient (Wildman–Crippen LogP) is 1.74. The van der Waals surface area contributed by atoms with Gasteiger partial charge in [-0.05, 0) is 31.2 Å². The van der Waals surface area contributed by atoms with E-state index in [1.165, 1.54) is 38.8 Å². The highest BCUT2D eigenvalue weighted by atomic mass is 16.3. The summed E-state index contributed by atoms with van der Waals surface area (Å²) in [6, 6.07) is 0. The van der Waals surface area contributed by atoms with Crippen molar-refractivity contribution >= 4 is 0 Å². The van der Waals surface area contributed by atoms with Gasteiger partial charge in [0.05, 0.1) is 0 Å². The van der Waals surface area contributed by atoms with Gasteiger partial charge in [-0.2, -0.15) is 0 Å². The Morgan fingerprint density at radius 1 is 1.21 bits per heavy atom. The van der Waals surface area contributed by atoms with Gasteiger partial charge in [0.15, 0.2) is 0 Å². The number of aliphatic hydroxyl groups excluding tert-OH is 1. The Labute approximate surface area is 87.3 Å². The van der Waals surface area contributed by atoms with Crippen LogP contribution >= 0.6 is 0 Å². The Kier molecular flexibility index (Phi) is 3.45. The van der Waals surface area contributed by atoms with Gasteiger partial charge in [0.2, 0.25) is 0 Å². The number of nitrogens with zero attached hydrogens (tertiary/aromatic N) is 1. The highest BCUT2D eigenvalue weighted by Crippen LogP contribution is 2.39. The maximum absolute atomic E-state index is 9.12. The zero-order valence-electron chi connectivity index (χ0n) is 9.28. The fraction of sp³-hybridized carbons (Fsp3) is 1.00. The van der Waals surface area contributed by atoms with Crippen LogP contribution in [-0.4, -0.2) is 36.8 Å². The van der Waals surface area contributed by atoms with Crippen LogP contribution in [0.1, 0.15) is 32.1 Å². The third-order valence-corrected chi connectivity index (χ3v) is 4.17. The van der Waals surface area contributed by atoms with Crippen molar-refractivity contribution in [2.75, 3.05) is 26.7 Å². The first-order valence-corrected chi connectivity index (χ1v) is 6.10. The molecule has 2 aliphatic rings. The molecule has 0 spiro atoms. The van der Waals surface area contributed by atoms with E-state index in [1.54, 1.807) is 0 Å². The quantitative estimate of drug-likeness (QED) is 0.742. The molecule has 1 unspecified atom stereocenters. The number of aliphatic hydroxyl groups is 1. The molecule has 0 bridgehead atoms. The molecule has 1 aliphatic heterocycles. The highest BCUT2D eigenvalue weighted by molar-refractivity contribution is 4.88. The number of rotatable bonds is 4. The van der Waals surface area contributed by atoms with Crippen molar-refractivity contribution in [2.45, 2.75) is 32.1 Å². The normalized spacial score (nSPS) is 27.9. The Morgan fingerprint density at radius 3 is 2.36 bits per heavy atom. The summed E-state index contributed by atoms with van der Waals surface area (Å²) in [5, 5.41) is 9.12. The zero-order valence-corrected chi connectivity index (χ0v) is 9.28. The molecule has 0 amide bonds. The molecule has 14 heavy (non-hydrogen) atoms. The molecule has 82 valence electrons. The molecule has 0 radical (unpaired) electrons. The lowest BCUT2D eigenvalue weighted by atomic mass is 9.75. The molecule has 0 aromatic heterocycles. The minimum atomic E-state index is 0.390. The molecule has 1 N–H and O–H groups in total. The molecule has 2 nitrogen and oxygen atoms in total. The highest BCUT2D eigenvalue weighted by Gasteiger charge is 2.36. The molecule has 1 heterocycles. The predicted molar refractivity (Wildman–Crippen MR) is 58.1 cm³/mol. The molecular weight excluding hydrogens is 174 g/mol. The van der Waals surface area contributed by atoms with Gasteiger partial charge in [-0.3, -0.25) is 0 Å². The lowest BCUT2D eigenvalue weighted by Crippen LogP contribution is -2.49. The third-order valence-electron chi connectivity index (χ3n) is 4.17. The minimum Gasteiger partial charge on any atom is -0.396 e. The topological polar surface area (TPSA) is 23.5 Å². The Bertz CT molecular complexity index is 171. The van der Waals surface area contributed by atoms with Crippen LogP contribution in [-0.2, 0) is 0 Å². The van der Waals surface area contributed by atoms with Crippen molar-refractivity contribution in [2.24, 2.45) is 17.8 Å². The van der Waals surface area contributed by atoms with E-state index in [9.17, 15) is 0 Å². The lowest BCUT2D eigenvalue weighted by Gasteiger charge is -2.43. The first-order valence-electron chi connectivity index (χ1n) is 6.10. The molecule has 1 saturated carbocycles. The summed E-state index contributed by atoms with van der Waals surface area (Å²) in [6.07, 6.45) is 6.74. The fourth-order valence-electron chi connectivity index (χ4n) is 3.41. The largest absolute Gasteiger partial charge is 0.396 e. The summed E-state index contributed by atoms with van der Waals surface area (Å²) in [4.78, 5) is 2.39. The molecule has 1 atom stereocenters. The maximum Gasteiger partial charge on any atom is 0.0433 e. The third kappa shape index (κ3) is 2.12. The average molecular weight is 197 g/mol. The van der Waals surface area contributed by atoms with Gasteiger partial charge >= 0.3 is 0 Å². The van der Waals surface area contributed by atoms with Gasteiger partial charge in [0.25, 0.3) is 0 Å². The van der Waals surface area contributed by atoms with Crippen LogP contribution in [0, 0.1) is 17.8 Å². The second-order valence-corrected chi connectivity index (χ2v) is 5.20. The molecule has 0 aromatic carbocycles. The second-order valence-electron chi connectivity index (χ2n) is 5.20. The van der Waals surface area contributed by atoms with Crippen molar-refractivity contribution in [3.05, 3.63) is 0 Å². The average Bonchev–Trinajstić information content (AvgIpc) is 2.62. The van der Waals surface area contributed by atoms with Crippen LogP contribution in [0.3, 0.4) is 0 Å². The van der Waals surface area contributed by atoms with Crippen LogP contribution in [0.25, 0.3) is 0 Å². The van der Waals surface area contributed by atoms with E-state index in [0.717, 1.165) is 24.2 Å². The summed E-state index contributed by atoms with van der Waals surface area (Å²) in [7, 11) is 2.20.